The molecule has 0 unspecified atom stereocenters. The first-order valence-electron chi connectivity index (χ1n) is 6.41. The summed E-state index contributed by atoms with van der Waals surface area (Å²) in [6.07, 6.45) is 1.78. The van der Waals surface area contributed by atoms with Crippen molar-refractivity contribution in [3.63, 3.8) is 0 Å². The van der Waals surface area contributed by atoms with Gasteiger partial charge in [-0.05, 0) is 36.4 Å². The normalized spacial score (nSPS) is 11.3. The van der Waals surface area contributed by atoms with E-state index in [1.807, 2.05) is 30.3 Å². The summed E-state index contributed by atoms with van der Waals surface area (Å²) in [7, 11) is 0. The molecule has 0 amide bonds. The van der Waals surface area contributed by atoms with Crippen molar-refractivity contribution >= 4 is 45.1 Å². The molecule has 2 heterocycles. The Bertz CT molecular complexity index is 923. The van der Waals surface area contributed by atoms with Gasteiger partial charge in [0.1, 0.15) is 5.82 Å². The van der Waals surface area contributed by atoms with E-state index in [9.17, 15) is 0 Å². The third-order valence-corrected chi connectivity index (χ3v) is 4.14. The van der Waals surface area contributed by atoms with Gasteiger partial charge in [-0.25, -0.2) is 4.98 Å². The van der Waals surface area contributed by atoms with Crippen LogP contribution in [-0.2, 0) is 0 Å². The molecule has 0 fully saturated rings. The van der Waals surface area contributed by atoms with Crippen molar-refractivity contribution in [2.24, 2.45) is 0 Å². The number of benzene rings is 2. The molecule has 5 heteroatoms. The highest BCUT2D eigenvalue weighted by Crippen LogP contribution is 2.29. The van der Waals surface area contributed by atoms with Crippen molar-refractivity contribution in [3.05, 3.63) is 58.7 Å². The monoisotopic (exact) mass is 313 g/mol. The average Bonchev–Trinajstić information content (AvgIpc) is 2.90. The lowest BCUT2D eigenvalue weighted by Crippen LogP contribution is -1.80. The van der Waals surface area contributed by atoms with Gasteiger partial charge in [0.25, 0.3) is 0 Å². The molecule has 0 saturated carbocycles. The van der Waals surface area contributed by atoms with E-state index in [4.69, 9.17) is 23.2 Å². The maximum Gasteiger partial charge on any atom is 0.138 e. The molecule has 0 aliphatic heterocycles. The van der Waals surface area contributed by atoms with Crippen LogP contribution in [0, 0.1) is 0 Å². The molecule has 0 radical (unpaired) electrons. The lowest BCUT2D eigenvalue weighted by atomic mass is 10.2. The van der Waals surface area contributed by atoms with Crippen molar-refractivity contribution in [2.75, 3.05) is 0 Å². The van der Waals surface area contributed by atoms with Crippen LogP contribution in [0.15, 0.2) is 48.7 Å². The fraction of sp³-hybridized carbons (Fsp3) is 0. The number of nitrogens with one attached hydrogen (secondary N) is 1. The number of pyridine rings is 1. The Labute approximate surface area is 130 Å². The number of H-pyrrole nitrogens is 1. The van der Waals surface area contributed by atoms with Crippen LogP contribution >= 0.6 is 23.2 Å². The largest absolute Gasteiger partial charge is 0.338 e. The van der Waals surface area contributed by atoms with Crippen molar-refractivity contribution in [1.82, 2.24) is 15.0 Å². The fourth-order valence-corrected chi connectivity index (χ4v) is 2.66. The molecule has 1 N–H and O–H groups in total. The summed E-state index contributed by atoms with van der Waals surface area (Å²) in [5, 5.41) is 2.13. The van der Waals surface area contributed by atoms with Crippen LogP contribution in [0.2, 0.25) is 10.0 Å². The summed E-state index contributed by atoms with van der Waals surface area (Å²) in [5.41, 5.74) is 3.67. The molecule has 0 aliphatic carbocycles. The minimum absolute atomic E-state index is 0.515. The van der Waals surface area contributed by atoms with Crippen LogP contribution in [0.1, 0.15) is 0 Å². The Balaban J connectivity index is 1.93. The van der Waals surface area contributed by atoms with Crippen LogP contribution in [0.4, 0.5) is 0 Å². The molecule has 0 spiro atoms. The fourth-order valence-electron chi connectivity index (χ4n) is 2.36. The second-order valence-corrected chi connectivity index (χ2v) is 5.59. The van der Waals surface area contributed by atoms with Crippen LogP contribution < -0.4 is 0 Å². The van der Waals surface area contributed by atoms with E-state index in [2.05, 4.69) is 15.0 Å². The topological polar surface area (TPSA) is 41.6 Å². The third kappa shape index (κ3) is 2.15. The van der Waals surface area contributed by atoms with Gasteiger partial charge in [-0.15, -0.1) is 0 Å². The Morgan fingerprint density at radius 3 is 2.67 bits per heavy atom. The highest BCUT2D eigenvalue weighted by Gasteiger charge is 2.08. The Hall–Kier alpha value is -2.10. The summed E-state index contributed by atoms with van der Waals surface area (Å²) < 4.78 is 0. The molecule has 21 heavy (non-hydrogen) atoms. The van der Waals surface area contributed by atoms with Gasteiger partial charge in [-0.3, -0.25) is 4.98 Å². The maximum atomic E-state index is 6.06. The lowest BCUT2D eigenvalue weighted by Gasteiger charge is -1.99. The van der Waals surface area contributed by atoms with E-state index in [0.717, 1.165) is 33.3 Å². The van der Waals surface area contributed by atoms with E-state index in [1.54, 1.807) is 18.3 Å². The standard InChI is InChI=1S/C16H9Cl2N3/c17-11-4-3-10(6-12(11)18)16-20-14-7-9-2-1-5-19-13(9)8-15(14)21-16/h1-8H,(H,20,21). The predicted molar refractivity (Wildman–Crippen MR) is 86.9 cm³/mol. The Morgan fingerprint density at radius 2 is 1.81 bits per heavy atom. The highest BCUT2D eigenvalue weighted by atomic mass is 35.5. The molecule has 0 atom stereocenters. The Morgan fingerprint density at radius 1 is 0.905 bits per heavy atom. The van der Waals surface area contributed by atoms with Gasteiger partial charge < -0.3 is 4.98 Å². The molecule has 0 aliphatic rings. The maximum absolute atomic E-state index is 6.06. The first kappa shape index (κ1) is 12.6. The van der Waals surface area contributed by atoms with E-state index in [-0.39, 0.29) is 0 Å². The average molecular weight is 314 g/mol. The molecule has 102 valence electrons. The number of imidazole rings is 1. The van der Waals surface area contributed by atoms with Crippen molar-refractivity contribution in [2.45, 2.75) is 0 Å². The van der Waals surface area contributed by atoms with E-state index < -0.39 is 0 Å². The number of nitrogens with zero attached hydrogens (tertiary/aromatic N) is 2. The van der Waals surface area contributed by atoms with Gasteiger partial charge in [-0.2, -0.15) is 0 Å². The van der Waals surface area contributed by atoms with E-state index >= 15 is 0 Å². The van der Waals surface area contributed by atoms with Crippen molar-refractivity contribution < 1.29 is 0 Å². The Kier molecular flexibility index (Phi) is 2.84. The summed E-state index contributed by atoms with van der Waals surface area (Å²) in [6.45, 7) is 0. The number of fused-ring (bicyclic) bond motifs is 2. The van der Waals surface area contributed by atoms with Crippen LogP contribution in [-0.4, -0.2) is 15.0 Å². The van der Waals surface area contributed by atoms with Crippen molar-refractivity contribution in [3.8, 4) is 11.4 Å². The van der Waals surface area contributed by atoms with Gasteiger partial charge in [-0.1, -0.05) is 29.3 Å². The van der Waals surface area contributed by atoms with E-state index in [1.165, 1.54) is 0 Å². The van der Waals surface area contributed by atoms with Crippen LogP contribution in [0.5, 0.6) is 0 Å². The lowest BCUT2D eigenvalue weighted by molar-refractivity contribution is 1.34. The van der Waals surface area contributed by atoms with Crippen molar-refractivity contribution in [1.29, 1.82) is 0 Å². The smallest absolute Gasteiger partial charge is 0.138 e. The number of halogens is 2. The predicted octanol–water partition coefficient (Wildman–Crippen LogP) is 5.08. The zero-order valence-electron chi connectivity index (χ0n) is 10.8. The number of rotatable bonds is 1. The second kappa shape index (κ2) is 4.72. The van der Waals surface area contributed by atoms with Gasteiger partial charge >= 0.3 is 0 Å². The summed E-state index contributed by atoms with van der Waals surface area (Å²) in [5.74, 6) is 0.763. The minimum Gasteiger partial charge on any atom is -0.338 e. The van der Waals surface area contributed by atoms with Gasteiger partial charge in [0.2, 0.25) is 0 Å². The van der Waals surface area contributed by atoms with Gasteiger partial charge in [0.05, 0.1) is 26.6 Å². The minimum atomic E-state index is 0.515. The zero-order valence-corrected chi connectivity index (χ0v) is 12.3. The first-order valence-corrected chi connectivity index (χ1v) is 7.16. The number of aromatic amines is 1. The van der Waals surface area contributed by atoms with Gasteiger partial charge in [0.15, 0.2) is 0 Å². The van der Waals surface area contributed by atoms with Gasteiger partial charge in [0, 0.05) is 17.1 Å². The third-order valence-electron chi connectivity index (χ3n) is 3.40. The molecule has 3 nitrogen and oxygen atoms in total. The van der Waals surface area contributed by atoms with Crippen LogP contribution in [0.25, 0.3) is 33.3 Å². The SMILES string of the molecule is Clc1ccc(-c2nc3cc4ncccc4cc3[nH]2)cc1Cl. The number of aromatic nitrogens is 3. The second-order valence-electron chi connectivity index (χ2n) is 4.78. The molecule has 0 saturated heterocycles. The highest BCUT2D eigenvalue weighted by molar-refractivity contribution is 6.42. The summed E-state index contributed by atoms with van der Waals surface area (Å²) in [6, 6.07) is 13.4. The molecule has 2 aromatic carbocycles. The summed E-state index contributed by atoms with van der Waals surface area (Å²) in [4.78, 5) is 12.3. The number of hydrogen-bond donors (Lipinski definition) is 1. The molecular weight excluding hydrogens is 305 g/mol. The molecule has 4 aromatic rings. The van der Waals surface area contributed by atoms with Crippen LogP contribution in [0.3, 0.4) is 0 Å². The van der Waals surface area contributed by atoms with E-state index in [0.29, 0.717) is 10.0 Å². The first-order chi connectivity index (χ1) is 10.2. The zero-order chi connectivity index (χ0) is 14.4. The quantitative estimate of drug-likeness (QED) is 0.532. The molecule has 2 aromatic heterocycles. The molecule has 0 bridgehead atoms. The molecule has 4 rings (SSSR count). The number of hydrogen-bond acceptors (Lipinski definition) is 2. The summed E-state index contributed by atoms with van der Waals surface area (Å²) >= 11 is 12.0. The molecular formula is C16H9Cl2N3.